The van der Waals surface area contributed by atoms with Crippen LogP contribution in [0.5, 0.6) is 11.5 Å². The van der Waals surface area contributed by atoms with Crippen molar-refractivity contribution in [1.82, 2.24) is 5.32 Å². The van der Waals surface area contributed by atoms with E-state index in [1.807, 2.05) is 6.07 Å². The highest BCUT2D eigenvalue weighted by molar-refractivity contribution is 7.17. The van der Waals surface area contributed by atoms with Crippen LogP contribution in [-0.4, -0.2) is 26.0 Å². The quantitative estimate of drug-likeness (QED) is 0.898. The van der Waals surface area contributed by atoms with Crippen molar-refractivity contribution >= 4 is 28.2 Å². The molecule has 2 aromatic rings. The fourth-order valence-corrected chi connectivity index (χ4v) is 5.52. The third kappa shape index (κ3) is 1.73. The Kier molecular flexibility index (Phi) is 2.94. The van der Waals surface area contributed by atoms with Crippen molar-refractivity contribution in [3.8, 4) is 11.5 Å². The first-order valence-electron chi connectivity index (χ1n) is 8.19. The van der Waals surface area contributed by atoms with Gasteiger partial charge < -0.3 is 14.8 Å². The van der Waals surface area contributed by atoms with Crippen LogP contribution in [0.15, 0.2) is 12.1 Å². The molecule has 25 heavy (non-hydrogen) atoms. The van der Waals surface area contributed by atoms with Crippen molar-refractivity contribution in [3.05, 3.63) is 39.3 Å². The summed E-state index contributed by atoms with van der Waals surface area (Å²) in [6, 6.07) is 3.59. The molecule has 1 N–H and O–H groups in total. The number of hydrogen-bond acceptors (Lipinski definition) is 5. The number of benzene rings is 1. The highest BCUT2D eigenvalue weighted by Crippen LogP contribution is 2.51. The zero-order chi connectivity index (χ0) is 17.3. The highest BCUT2D eigenvalue weighted by Gasteiger charge is 2.48. The van der Waals surface area contributed by atoms with Crippen molar-refractivity contribution < 1.29 is 19.1 Å². The Bertz CT molecular complexity index is 949. The third-order valence-corrected chi connectivity index (χ3v) is 6.47. The molecular weight excluding hydrogens is 340 g/mol. The summed E-state index contributed by atoms with van der Waals surface area (Å²) in [5.41, 5.74) is 3.01. The number of hydrogen-bond donors (Lipinski definition) is 1. The van der Waals surface area contributed by atoms with E-state index in [1.54, 1.807) is 29.4 Å². The molecule has 1 aliphatic carbocycles. The zero-order valence-corrected chi connectivity index (χ0v) is 14.7. The van der Waals surface area contributed by atoms with E-state index < -0.39 is 6.17 Å². The summed E-state index contributed by atoms with van der Waals surface area (Å²) in [6.07, 6.45) is 2.48. The molecule has 128 valence electrons. The van der Waals surface area contributed by atoms with E-state index in [0.29, 0.717) is 22.6 Å². The summed E-state index contributed by atoms with van der Waals surface area (Å²) in [5, 5.41) is 3.77. The Morgan fingerprint density at radius 3 is 2.76 bits per heavy atom. The number of fused-ring (bicyclic) bond motifs is 7. The Morgan fingerprint density at radius 2 is 2.00 bits per heavy atom. The molecule has 3 heterocycles. The second-order valence-corrected chi connectivity index (χ2v) is 7.44. The second kappa shape index (κ2) is 4.98. The summed E-state index contributed by atoms with van der Waals surface area (Å²) in [7, 11) is 3.06. The van der Waals surface area contributed by atoms with Gasteiger partial charge in [0.2, 0.25) is 0 Å². The van der Waals surface area contributed by atoms with Crippen molar-refractivity contribution in [1.29, 1.82) is 0 Å². The molecule has 7 heteroatoms. The van der Waals surface area contributed by atoms with Gasteiger partial charge in [0.15, 0.2) is 11.5 Å². The summed E-state index contributed by atoms with van der Waals surface area (Å²) >= 11 is 1.57. The molecule has 0 fully saturated rings. The first kappa shape index (κ1) is 14.8. The fraction of sp³-hybridized carbons (Fsp3) is 0.333. The standard InChI is InChI=1S/C18H16N2O4S/c1-23-10-7-6-9-12(14(10)24-2)17(22)20-15(9)19-16(21)13-8-4-3-5-11(8)25-18(13)20/h6-7,15H,3-5H2,1-2H3,(H,19,21). The first-order chi connectivity index (χ1) is 12.2. The lowest BCUT2D eigenvalue weighted by Gasteiger charge is -2.30. The van der Waals surface area contributed by atoms with Crippen molar-refractivity contribution in [3.63, 3.8) is 0 Å². The van der Waals surface area contributed by atoms with Crippen LogP contribution in [0.2, 0.25) is 0 Å². The van der Waals surface area contributed by atoms with Gasteiger partial charge in [0.05, 0.1) is 25.3 Å². The van der Waals surface area contributed by atoms with Gasteiger partial charge in [-0.15, -0.1) is 11.3 Å². The van der Waals surface area contributed by atoms with Gasteiger partial charge in [0.25, 0.3) is 11.8 Å². The molecule has 0 radical (unpaired) electrons. The van der Waals surface area contributed by atoms with Gasteiger partial charge in [-0.1, -0.05) is 6.07 Å². The molecule has 0 bridgehead atoms. The molecule has 6 nitrogen and oxygen atoms in total. The minimum atomic E-state index is -0.485. The number of rotatable bonds is 2. The Hall–Kier alpha value is -2.54. The topological polar surface area (TPSA) is 67.9 Å². The molecular formula is C18H16N2O4S. The number of anilines is 1. The van der Waals surface area contributed by atoms with Gasteiger partial charge in [0, 0.05) is 10.4 Å². The Balaban J connectivity index is 1.72. The number of thiophene rings is 1. The first-order valence-corrected chi connectivity index (χ1v) is 9.01. The van der Waals surface area contributed by atoms with Crippen molar-refractivity contribution in [2.75, 3.05) is 19.1 Å². The summed E-state index contributed by atoms with van der Waals surface area (Å²) in [4.78, 5) is 28.9. The largest absolute Gasteiger partial charge is 0.493 e. The van der Waals surface area contributed by atoms with Crippen LogP contribution in [0.3, 0.4) is 0 Å². The number of carbonyl (C=O) groups is 2. The second-order valence-electron chi connectivity index (χ2n) is 6.35. The molecule has 1 aromatic carbocycles. The lowest BCUT2D eigenvalue weighted by Crippen LogP contribution is -2.44. The summed E-state index contributed by atoms with van der Waals surface area (Å²) in [5.74, 6) is 0.678. The van der Waals surface area contributed by atoms with Gasteiger partial charge in [-0.05, 0) is 30.9 Å². The van der Waals surface area contributed by atoms with Crippen LogP contribution in [0.4, 0.5) is 5.00 Å². The Labute approximate surface area is 148 Å². The van der Waals surface area contributed by atoms with Crippen LogP contribution >= 0.6 is 11.3 Å². The summed E-state index contributed by atoms with van der Waals surface area (Å²) < 4.78 is 10.8. The predicted octanol–water partition coefficient (Wildman–Crippen LogP) is 2.66. The number of carbonyl (C=O) groups excluding carboxylic acids is 2. The molecule has 1 aromatic heterocycles. The van der Waals surface area contributed by atoms with E-state index in [9.17, 15) is 9.59 Å². The van der Waals surface area contributed by atoms with Crippen LogP contribution in [0.25, 0.3) is 0 Å². The SMILES string of the molecule is COc1ccc2c(c1OC)C(=O)N1c3sc4c(c3C(=O)NC21)CCC4. The molecule has 1 unspecified atom stereocenters. The lowest BCUT2D eigenvalue weighted by atomic mass is 10.0. The van der Waals surface area contributed by atoms with E-state index in [4.69, 9.17) is 9.47 Å². The Morgan fingerprint density at radius 1 is 1.16 bits per heavy atom. The minimum absolute atomic E-state index is 0.0916. The van der Waals surface area contributed by atoms with E-state index in [1.165, 1.54) is 12.0 Å². The molecule has 3 aliphatic rings. The number of nitrogens with zero attached hydrogens (tertiary/aromatic N) is 1. The normalized spacial score (nSPS) is 19.9. The molecule has 1 atom stereocenters. The molecule has 0 saturated heterocycles. The van der Waals surface area contributed by atoms with Crippen LogP contribution in [0, 0.1) is 0 Å². The number of nitrogens with one attached hydrogen (secondary N) is 1. The van der Waals surface area contributed by atoms with Gasteiger partial charge in [-0.25, -0.2) is 0 Å². The van der Waals surface area contributed by atoms with Gasteiger partial charge in [0.1, 0.15) is 11.2 Å². The van der Waals surface area contributed by atoms with Crippen LogP contribution in [-0.2, 0) is 12.8 Å². The maximum Gasteiger partial charge on any atom is 0.265 e. The zero-order valence-electron chi connectivity index (χ0n) is 13.8. The highest BCUT2D eigenvalue weighted by atomic mass is 32.1. The molecule has 2 aliphatic heterocycles. The predicted molar refractivity (Wildman–Crippen MR) is 92.9 cm³/mol. The maximum atomic E-state index is 13.2. The van der Waals surface area contributed by atoms with Gasteiger partial charge in [-0.2, -0.15) is 0 Å². The van der Waals surface area contributed by atoms with Gasteiger partial charge >= 0.3 is 0 Å². The van der Waals surface area contributed by atoms with Crippen molar-refractivity contribution in [2.45, 2.75) is 25.4 Å². The number of aryl methyl sites for hydroxylation is 1. The van der Waals surface area contributed by atoms with Crippen LogP contribution < -0.4 is 19.7 Å². The van der Waals surface area contributed by atoms with E-state index >= 15 is 0 Å². The fourth-order valence-electron chi connectivity index (χ4n) is 4.11. The average Bonchev–Trinajstić information content (AvgIpc) is 3.26. The maximum absolute atomic E-state index is 13.2. The van der Waals surface area contributed by atoms with Crippen molar-refractivity contribution in [2.24, 2.45) is 0 Å². The van der Waals surface area contributed by atoms with Gasteiger partial charge in [-0.3, -0.25) is 14.5 Å². The monoisotopic (exact) mass is 356 g/mol. The minimum Gasteiger partial charge on any atom is -0.493 e. The van der Waals surface area contributed by atoms with Crippen LogP contribution in [0.1, 0.15) is 49.3 Å². The van der Waals surface area contributed by atoms with E-state index in [-0.39, 0.29) is 11.8 Å². The van der Waals surface area contributed by atoms with E-state index in [0.717, 1.165) is 35.4 Å². The lowest BCUT2D eigenvalue weighted by molar-refractivity contribution is 0.0912. The molecule has 0 spiro atoms. The third-order valence-electron chi connectivity index (χ3n) is 5.18. The molecule has 0 saturated carbocycles. The number of amides is 2. The average molecular weight is 356 g/mol. The molecule has 5 rings (SSSR count). The number of methoxy groups -OCH3 is 2. The smallest absolute Gasteiger partial charge is 0.265 e. The molecule has 2 amide bonds. The summed E-state index contributed by atoms with van der Waals surface area (Å²) in [6.45, 7) is 0. The number of ether oxygens (including phenoxy) is 2. The van der Waals surface area contributed by atoms with E-state index in [2.05, 4.69) is 5.32 Å².